The van der Waals surface area contributed by atoms with E-state index in [2.05, 4.69) is 11.9 Å². The Labute approximate surface area is 113 Å². The number of hydrogen-bond donors (Lipinski definition) is 1. The zero-order chi connectivity index (χ0) is 13.0. The maximum atomic E-state index is 11.1. The number of rotatable bonds is 5. The number of nitrogens with one attached hydrogen (secondary N) is 1. The van der Waals surface area contributed by atoms with E-state index in [-0.39, 0.29) is 5.97 Å². The van der Waals surface area contributed by atoms with Gasteiger partial charge in [0.2, 0.25) is 0 Å². The van der Waals surface area contributed by atoms with Gasteiger partial charge in [0.25, 0.3) is 0 Å². The Morgan fingerprint density at radius 1 is 1.44 bits per heavy atom. The van der Waals surface area contributed by atoms with Crippen LogP contribution in [0.3, 0.4) is 0 Å². The van der Waals surface area contributed by atoms with Gasteiger partial charge in [-0.05, 0) is 0 Å². The normalized spacial score (nSPS) is 10.8. The van der Waals surface area contributed by atoms with Gasteiger partial charge in [0, 0.05) is 0 Å². The van der Waals surface area contributed by atoms with Crippen molar-refractivity contribution in [1.29, 1.82) is 0 Å². The van der Waals surface area contributed by atoms with Crippen molar-refractivity contribution in [2.75, 3.05) is 0 Å². The molecule has 1 aromatic heterocycles. The van der Waals surface area contributed by atoms with Crippen LogP contribution < -0.4 is 4.74 Å². The number of H-pyrrole nitrogens is 1. The molecule has 2 aromatic rings. The topological polar surface area (TPSA) is 42.1 Å². The molecule has 18 heavy (non-hydrogen) atoms. The number of ether oxygens (including phenoxy) is 1. The number of aromatic amines is 1. The summed E-state index contributed by atoms with van der Waals surface area (Å²) in [6.45, 7) is 3.66. The third-order valence-electron chi connectivity index (χ3n) is 2.72. The fraction of sp³-hybridized carbons (Fsp3) is 0.357. The van der Waals surface area contributed by atoms with Crippen molar-refractivity contribution < 1.29 is 9.53 Å². The van der Waals surface area contributed by atoms with Crippen molar-refractivity contribution in [2.45, 2.75) is 30.9 Å². The molecule has 0 saturated carbocycles. The quantitative estimate of drug-likeness (QED) is 0.399. The van der Waals surface area contributed by atoms with Crippen LogP contribution in [0.4, 0.5) is 0 Å². The maximum absolute atomic E-state index is 11.1. The van der Waals surface area contributed by atoms with Crippen LogP contribution in [0.25, 0.3) is 10.9 Å². The van der Waals surface area contributed by atoms with Gasteiger partial charge in [-0.1, -0.05) is 0 Å². The fourth-order valence-corrected chi connectivity index (χ4v) is 3.35. The van der Waals surface area contributed by atoms with Crippen LogP contribution in [0.2, 0.25) is 10.6 Å². The summed E-state index contributed by atoms with van der Waals surface area (Å²) < 4.78 is 5.28. The summed E-state index contributed by atoms with van der Waals surface area (Å²) >= 11 is 0.708. The summed E-state index contributed by atoms with van der Waals surface area (Å²) in [5, 5.41) is 3.55. The molecule has 0 spiro atoms. The first-order valence-corrected chi connectivity index (χ1v) is 8.49. The number of fused-ring (bicyclic) bond motifs is 1. The molecule has 0 atom stereocenters. The van der Waals surface area contributed by atoms with Gasteiger partial charge >= 0.3 is 113 Å². The summed E-state index contributed by atoms with van der Waals surface area (Å²) in [5.74, 6) is 0.396. The molecule has 96 valence electrons. The minimum atomic E-state index is -0.271. The van der Waals surface area contributed by atoms with Gasteiger partial charge in [0.15, 0.2) is 0 Å². The second-order valence-electron chi connectivity index (χ2n) is 4.03. The fourth-order valence-electron chi connectivity index (χ4n) is 1.98. The number of aromatic nitrogens is 1. The van der Waals surface area contributed by atoms with E-state index in [0.717, 1.165) is 17.3 Å². The number of carbonyl (C=O) groups excluding carboxylic acids is 1. The van der Waals surface area contributed by atoms with Crippen molar-refractivity contribution in [3.63, 3.8) is 0 Å². The van der Waals surface area contributed by atoms with Gasteiger partial charge in [0.05, 0.1) is 0 Å². The Bertz CT molecular complexity index is 548. The van der Waals surface area contributed by atoms with E-state index in [9.17, 15) is 4.79 Å². The third kappa shape index (κ3) is 2.95. The Morgan fingerprint density at radius 3 is 3.00 bits per heavy atom. The standard InChI is InChI=1S/C14H17NO2Se/c1-3-18-8-7-11-9-15-12-5-4-6-13(14(11)12)17-10(2)16/h4-6,9,15H,3,7-8H2,1-2H3. The molecule has 0 radical (unpaired) electrons. The summed E-state index contributed by atoms with van der Waals surface area (Å²) in [7, 11) is 0. The van der Waals surface area contributed by atoms with E-state index in [0.29, 0.717) is 20.7 Å². The van der Waals surface area contributed by atoms with Crippen LogP contribution in [0.1, 0.15) is 19.4 Å². The van der Waals surface area contributed by atoms with Gasteiger partial charge < -0.3 is 0 Å². The molecule has 1 N–H and O–H groups in total. The molecule has 1 heterocycles. The Morgan fingerprint density at radius 2 is 2.28 bits per heavy atom. The predicted octanol–water partition coefficient (Wildman–Crippen LogP) is 3.20. The first kappa shape index (κ1) is 13.2. The summed E-state index contributed by atoms with van der Waals surface area (Å²) in [4.78, 5) is 14.4. The summed E-state index contributed by atoms with van der Waals surface area (Å²) in [6, 6.07) is 5.76. The zero-order valence-electron chi connectivity index (χ0n) is 10.7. The number of esters is 1. The van der Waals surface area contributed by atoms with E-state index < -0.39 is 0 Å². The zero-order valence-corrected chi connectivity index (χ0v) is 12.4. The second kappa shape index (κ2) is 6.07. The molecular formula is C14H17NO2Se. The molecule has 0 fully saturated rings. The number of carbonyl (C=O) groups is 1. The van der Waals surface area contributed by atoms with E-state index in [1.807, 2.05) is 24.4 Å². The van der Waals surface area contributed by atoms with Crippen LogP contribution in [-0.4, -0.2) is 25.9 Å². The molecule has 2 rings (SSSR count). The molecule has 0 bridgehead atoms. The van der Waals surface area contributed by atoms with Crippen LogP contribution in [0.5, 0.6) is 5.75 Å². The number of hydrogen-bond acceptors (Lipinski definition) is 2. The summed E-state index contributed by atoms with van der Waals surface area (Å²) in [6.07, 6.45) is 3.08. The van der Waals surface area contributed by atoms with Crippen LogP contribution in [0, 0.1) is 0 Å². The molecule has 3 nitrogen and oxygen atoms in total. The van der Waals surface area contributed by atoms with Gasteiger partial charge in [0.1, 0.15) is 0 Å². The van der Waals surface area contributed by atoms with E-state index in [4.69, 9.17) is 4.74 Å². The van der Waals surface area contributed by atoms with E-state index in [1.165, 1.54) is 23.1 Å². The molecule has 0 aliphatic rings. The Balaban J connectivity index is 2.32. The van der Waals surface area contributed by atoms with Crippen LogP contribution >= 0.6 is 0 Å². The van der Waals surface area contributed by atoms with Crippen molar-refractivity contribution in [2.24, 2.45) is 0 Å². The number of benzene rings is 1. The first-order valence-electron chi connectivity index (χ1n) is 6.07. The molecule has 0 aliphatic heterocycles. The molecule has 1 aromatic carbocycles. The van der Waals surface area contributed by atoms with Crippen LogP contribution in [0.15, 0.2) is 24.4 Å². The second-order valence-corrected chi connectivity index (χ2v) is 6.96. The minimum absolute atomic E-state index is 0.271. The van der Waals surface area contributed by atoms with Crippen LogP contribution in [-0.2, 0) is 11.2 Å². The molecule has 4 heteroatoms. The van der Waals surface area contributed by atoms with Gasteiger partial charge in [-0.2, -0.15) is 0 Å². The monoisotopic (exact) mass is 311 g/mol. The van der Waals surface area contributed by atoms with Gasteiger partial charge in [-0.3, -0.25) is 0 Å². The third-order valence-corrected chi connectivity index (χ3v) is 4.61. The SMILES string of the molecule is CC[Se]CCc1c[nH]c2cccc(OC(C)=O)c12. The van der Waals surface area contributed by atoms with Crippen molar-refractivity contribution >= 4 is 31.8 Å². The van der Waals surface area contributed by atoms with Crippen molar-refractivity contribution in [3.8, 4) is 5.75 Å². The molecule has 0 aliphatic carbocycles. The molecular weight excluding hydrogens is 293 g/mol. The van der Waals surface area contributed by atoms with E-state index in [1.54, 1.807) is 0 Å². The van der Waals surface area contributed by atoms with E-state index >= 15 is 0 Å². The van der Waals surface area contributed by atoms with Crippen molar-refractivity contribution in [1.82, 2.24) is 4.98 Å². The molecule has 0 unspecified atom stereocenters. The average Bonchev–Trinajstić information content (AvgIpc) is 2.73. The molecule has 0 amide bonds. The van der Waals surface area contributed by atoms with Crippen molar-refractivity contribution in [3.05, 3.63) is 30.0 Å². The van der Waals surface area contributed by atoms with Gasteiger partial charge in [-0.15, -0.1) is 0 Å². The first-order chi connectivity index (χ1) is 8.72. The van der Waals surface area contributed by atoms with Gasteiger partial charge in [-0.25, -0.2) is 0 Å². The average molecular weight is 310 g/mol. The number of aryl methyl sites for hydroxylation is 1. The summed E-state index contributed by atoms with van der Waals surface area (Å²) in [5.41, 5.74) is 2.28. The Hall–Kier alpha value is -1.25. The molecule has 0 saturated heterocycles. The Kier molecular flexibility index (Phi) is 4.45. The predicted molar refractivity (Wildman–Crippen MR) is 74.4 cm³/mol.